The van der Waals surface area contributed by atoms with Crippen molar-refractivity contribution < 1.29 is 34.5 Å². The Hall–Kier alpha value is -2.80. The number of carbonyl (C=O) groups excluding carboxylic acids is 4. The quantitative estimate of drug-likeness (QED) is 0.271. The van der Waals surface area contributed by atoms with Gasteiger partial charge in [0.15, 0.2) is 4.87 Å². The number of hydrogen-bond donors (Lipinski definition) is 5. The van der Waals surface area contributed by atoms with Gasteiger partial charge in [0.25, 0.3) is 23.6 Å². The molecule has 10 heterocycles. The summed E-state index contributed by atoms with van der Waals surface area (Å²) in [6.07, 6.45) is -5.50. The highest BCUT2D eigenvalue weighted by Crippen LogP contribution is 2.78. The molecule has 10 aliphatic rings. The standard InChI is InChI=1S/C30H28N6O7S4/c1-25-21(40)35-19-27(13-8-4-6-10-15(13)31-19,17(38)29(35,46-44-25)23(42)33(25)2)28-14-9-5-7-11-16(14)32-20(28)36-22(41)26(12-37)34(3)24(43)30(36,18(28)39)47-45-26/h4-11,17-20,31-32,37-39H,12H2,1-3H3/t17-,18-,19-,20-,25+,26-,27-,28-,29-,30-/m0/s1. The molecule has 47 heavy (non-hydrogen) atoms. The molecule has 0 aliphatic carbocycles. The van der Waals surface area contributed by atoms with Crippen LogP contribution in [0.2, 0.25) is 0 Å². The molecule has 8 saturated heterocycles. The molecule has 2 aromatic carbocycles. The zero-order valence-corrected chi connectivity index (χ0v) is 28.3. The maximum atomic E-state index is 14.7. The van der Waals surface area contributed by atoms with E-state index < -0.39 is 79.2 Å². The van der Waals surface area contributed by atoms with Gasteiger partial charge in [-0.25, -0.2) is 0 Å². The molecule has 2 spiro atoms. The van der Waals surface area contributed by atoms with E-state index in [4.69, 9.17) is 0 Å². The Labute approximate surface area is 283 Å². The molecule has 17 heteroatoms. The van der Waals surface area contributed by atoms with E-state index in [1.54, 1.807) is 26.1 Å². The second-order valence-corrected chi connectivity index (χ2v) is 18.8. The lowest BCUT2D eigenvalue weighted by atomic mass is 9.52. The minimum atomic E-state index is -1.87. The fourth-order valence-corrected chi connectivity index (χ4v) is 17.1. The minimum Gasteiger partial charge on any atom is -0.392 e. The predicted molar refractivity (Wildman–Crippen MR) is 176 cm³/mol. The Bertz CT molecular complexity index is 1920. The van der Waals surface area contributed by atoms with Gasteiger partial charge in [0.05, 0.1) is 17.4 Å². The second-order valence-electron chi connectivity index (χ2n) is 13.5. The molecular formula is C30H28N6O7S4. The summed E-state index contributed by atoms with van der Waals surface area (Å²) in [5.74, 6) is -1.94. The summed E-state index contributed by atoms with van der Waals surface area (Å²) in [5, 5.41) is 44.2. The van der Waals surface area contributed by atoms with Gasteiger partial charge >= 0.3 is 0 Å². The summed E-state index contributed by atoms with van der Waals surface area (Å²) in [6.45, 7) is 1.04. The van der Waals surface area contributed by atoms with Crippen LogP contribution >= 0.6 is 43.2 Å². The number of amides is 4. The number of aliphatic hydroxyl groups excluding tert-OH is 3. The number of anilines is 2. The number of rotatable bonds is 2. The molecule has 0 radical (unpaired) electrons. The van der Waals surface area contributed by atoms with Gasteiger partial charge in [-0.3, -0.25) is 29.0 Å². The van der Waals surface area contributed by atoms with E-state index in [-0.39, 0.29) is 5.91 Å². The summed E-state index contributed by atoms with van der Waals surface area (Å²) in [7, 11) is 7.44. The molecule has 12 rings (SSSR count). The van der Waals surface area contributed by atoms with Crippen LogP contribution in [0.25, 0.3) is 0 Å². The van der Waals surface area contributed by atoms with Gasteiger partial charge in [0.1, 0.15) is 24.5 Å². The van der Waals surface area contributed by atoms with Crippen molar-refractivity contribution >= 4 is 78.2 Å². The highest BCUT2D eigenvalue weighted by Gasteiger charge is 2.93. The molecule has 5 N–H and O–H groups in total. The van der Waals surface area contributed by atoms with E-state index in [1.807, 2.05) is 36.4 Å². The number of piperazine rings is 2. The minimum absolute atomic E-state index is 0.373. The average Bonchev–Trinajstić information content (AvgIpc) is 3.72. The Balaban J connectivity index is 1.35. The number of likely N-dealkylation sites (N-methyl/N-ethyl adjacent to an activating group) is 2. The summed E-state index contributed by atoms with van der Waals surface area (Å²) in [6, 6.07) is 14.5. The van der Waals surface area contributed by atoms with Gasteiger partial charge in [0.2, 0.25) is 14.6 Å². The number of fused-ring (bicyclic) bond motifs is 11. The zero-order chi connectivity index (χ0) is 32.8. The smallest absolute Gasteiger partial charge is 0.265 e. The van der Waals surface area contributed by atoms with Crippen molar-refractivity contribution in [2.75, 3.05) is 31.3 Å². The van der Waals surface area contributed by atoms with Crippen molar-refractivity contribution in [3.05, 3.63) is 59.7 Å². The van der Waals surface area contributed by atoms with E-state index >= 15 is 0 Å². The van der Waals surface area contributed by atoms with Gasteiger partial charge < -0.3 is 35.8 Å². The molecule has 0 aromatic heterocycles. The lowest BCUT2D eigenvalue weighted by Crippen LogP contribution is -2.79. The molecule has 4 bridgehead atoms. The van der Waals surface area contributed by atoms with E-state index in [1.165, 1.54) is 37.4 Å². The summed E-state index contributed by atoms with van der Waals surface area (Å²) in [4.78, 5) is 57.4. The first kappa shape index (κ1) is 29.1. The highest BCUT2D eigenvalue weighted by atomic mass is 33.1. The summed E-state index contributed by atoms with van der Waals surface area (Å²) < 4.78 is 0. The van der Waals surface area contributed by atoms with Crippen LogP contribution < -0.4 is 10.6 Å². The van der Waals surface area contributed by atoms with Crippen LogP contribution in [0.5, 0.6) is 0 Å². The number of para-hydroxylation sites is 2. The van der Waals surface area contributed by atoms with Gasteiger partial charge in [0, 0.05) is 25.5 Å². The van der Waals surface area contributed by atoms with Crippen LogP contribution in [0.3, 0.4) is 0 Å². The Morgan fingerprint density at radius 2 is 1.15 bits per heavy atom. The Kier molecular flexibility index (Phi) is 5.15. The van der Waals surface area contributed by atoms with Crippen molar-refractivity contribution in [1.82, 2.24) is 19.6 Å². The normalized spacial score (nSPS) is 46.3. The first-order valence-corrected chi connectivity index (χ1v) is 19.4. The summed E-state index contributed by atoms with van der Waals surface area (Å²) >= 11 is 0. The third-order valence-electron chi connectivity index (χ3n) is 12.1. The fourth-order valence-electron chi connectivity index (χ4n) is 9.92. The molecule has 10 atom stereocenters. The molecule has 2 aromatic rings. The first-order chi connectivity index (χ1) is 22.4. The maximum Gasteiger partial charge on any atom is 0.265 e. The maximum absolute atomic E-state index is 14.7. The van der Waals surface area contributed by atoms with Crippen LogP contribution in [0.4, 0.5) is 11.4 Å². The third kappa shape index (κ3) is 2.44. The molecule has 0 unspecified atom stereocenters. The molecule has 8 fully saturated rings. The number of benzene rings is 2. The van der Waals surface area contributed by atoms with Crippen LogP contribution in [-0.2, 0) is 30.0 Å². The van der Waals surface area contributed by atoms with Crippen LogP contribution in [0, 0.1) is 0 Å². The monoisotopic (exact) mass is 712 g/mol. The van der Waals surface area contributed by atoms with E-state index in [9.17, 15) is 34.5 Å². The van der Waals surface area contributed by atoms with E-state index in [0.717, 1.165) is 32.4 Å². The van der Waals surface area contributed by atoms with Crippen molar-refractivity contribution in [3.63, 3.8) is 0 Å². The van der Waals surface area contributed by atoms with Gasteiger partial charge in [-0.05, 0) is 62.6 Å². The topological polar surface area (TPSA) is 166 Å². The number of carbonyl (C=O) groups is 4. The fraction of sp³-hybridized carbons (Fsp3) is 0.467. The van der Waals surface area contributed by atoms with Gasteiger partial charge in [-0.1, -0.05) is 47.2 Å². The molecule has 0 saturated carbocycles. The first-order valence-electron chi connectivity index (χ1n) is 15.1. The van der Waals surface area contributed by atoms with Crippen molar-refractivity contribution in [2.45, 2.75) is 61.8 Å². The lowest BCUT2D eigenvalue weighted by molar-refractivity contribution is -0.169. The van der Waals surface area contributed by atoms with Gasteiger partial charge in [-0.2, -0.15) is 0 Å². The van der Waals surface area contributed by atoms with Crippen molar-refractivity contribution in [1.29, 1.82) is 0 Å². The van der Waals surface area contributed by atoms with Crippen molar-refractivity contribution in [2.24, 2.45) is 0 Å². The number of nitrogens with zero attached hydrogens (tertiary/aromatic N) is 4. The predicted octanol–water partition coefficient (Wildman–Crippen LogP) is 0.303. The van der Waals surface area contributed by atoms with Crippen LogP contribution in [0.1, 0.15) is 18.1 Å². The highest BCUT2D eigenvalue weighted by molar-refractivity contribution is 8.78. The van der Waals surface area contributed by atoms with E-state index in [0.29, 0.717) is 22.5 Å². The second kappa shape index (κ2) is 8.31. The van der Waals surface area contributed by atoms with Crippen molar-refractivity contribution in [3.8, 4) is 0 Å². The molecule has 244 valence electrons. The largest absolute Gasteiger partial charge is 0.392 e. The molecular weight excluding hydrogens is 685 g/mol. The van der Waals surface area contributed by atoms with Gasteiger partial charge in [-0.15, -0.1) is 0 Å². The molecule has 4 amide bonds. The average molecular weight is 713 g/mol. The SMILES string of the molecule is CN1C(=O)[C@]23SS[C@@]1(CO)C(=O)N2[C@@H]1Nc2ccccc2[C@]1([C@]12c4ccccc4N[C@H]1N1C(=O)[C@@]4(C)SS[C@]1(C(=O)N4C)[C@H]2O)[C@@H]3O. The third-order valence-corrected chi connectivity index (χ3v) is 19.5. The zero-order valence-electron chi connectivity index (χ0n) is 25.0. The summed E-state index contributed by atoms with van der Waals surface area (Å²) in [5.41, 5.74) is -1.12. The van der Waals surface area contributed by atoms with Crippen LogP contribution in [-0.4, -0.2) is 123 Å². The Morgan fingerprint density at radius 3 is 1.68 bits per heavy atom. The lowest BCUT2D eigenvalue weighted by Gasteiger charge is -2.58. The molecule has 13 nitrogen and oxygen atoms in total. The Morgan fingerprint density at radius 1 is 0.681 bits per heavy atom. The van der Waals surface area contributed by atoms with E-state index in [2.05, 4.69) is 10.6 Å². The number of nitrogens with one attached hydrogen (secondary N) is 2. The number of aliphatic hydroxyl groups is 3. The van der Waals surface area contributed by atoms with Crippen LogP contribution in [0.15, 0.2) is 48.5 Å². The number of hydrogen-bond acceptors (Lipinski definition) is 13. The molecule has 10 aliphatic heterocycles.